The number of aromatic hydroxyl groups is 2. The van der Waals surface area contributed by atoms with Gasteiger partial charge in [0.25, 0.3) is 0 Å². The fourth-order valence-electron chi connectivity index (χ4n) is 3.24. The zero-order chi connectivity index (χ0) is 17.6. The Kier molecular flexibility index (Phi) is 3.39. The minimum absolute atomic E-state index is 0.0348. The monoisotopic (exact) mass is 330 g/mol. The van der Waals surface area contributed by atoms with Crippen molar-refractivity contribution in [3.8, 4) is 11.5 Å². The van der Waals surface area contributed by atoms with Crippen LogP contribution in [0.3, 0.4) is 0 Å². The molecule has 4 nitrogen and oxygen atoms in total. The molecule has 0 aromatic heterocycles. The first-order valence-electron chi connectivity index (χ1n) is 7.88. The van der Waals surface area contributed by atoms with E-state index >= 15 is 0 Å². The fraction of sp³-hybridized carbons (Fsp3) is 0.0476. The van der Waals surface area contributed by atoms with Gasteiger partial charge in [0.2, 0.25) is 0 Å². The lowest BCUT2D eigenvalue weighted by molar-refractivity contribution is 0.0976. The Morgan fingerprint density at radius 1 is 0.720 bits per heavy atom. The van der Waals surface area contributed by atoms with Gasteiger partial charge < -0.3 is 10.2 Å². The number of hydrogen-bond donors (Lipinski definition) is 2. The number of carbonyl (C=O) groups is 2. The van der Waals surface area contributed by atoms with E-state index in [1.54, 1.807) is 24.3 Å². The second-order valence-corrected chi connectivity index (χ2v) is 6.01. The van der Waals surface area contributed by atoms with Crippen molar-refractivity contribution in [3.05, 3.63) is 94.0 Å². The quantitative estimate of drug-likeness (QED) is 0.590. The number of rotatable bonds is 2. The van der Waals surface area contributed by atoms with Crippen molar-refractivity contribution in [3.63, 3.8) is 0 Å². The van der Waals surface area contributed by atoms with Crippen molar-refractivity contribution < 1.29 is 19.8 Å². The first-order valence-corrected chi connectivity index (χ1v) is 7.88. The van der Waals surface area contributed by atoms with E-state index in [0.29, 0.717) is 0 Å². The van der Waals surface area contributed by atoms with Crippen LogP contribution in [-0.4, -0.2) is 21.8 Å². The van der Waals surface area contributed by atoms with Crippen molar-refractivity contribution in [2.24, 2.45) is 0 Å². The molecule has 4 heteroatoms. The summed E-state index contributed by atoms with van der Waals surface area (Å²) in [6.07, 6.45) is 0.259. The summed E-state index contributed by atoms with van der Waals surface area (Å²) in [5.74, 6) is -1.30. The summed E-state index contributed by atoms with van der Waals surface area (Å²) in [7, 11) is 0. The van der Waals surface area contributed by atoms with E-state index in [4.69, 9.17) is 0 Å². The van der Waals surface area contributed by atoms with Crippen LogP contribution >= 0.6 is 0 Å². The van der Waals surface area contributed by atoms with Crippen LogP contribution in [-0.2, 0) is 6.42 Å². The smallest absolute Gasteiger partial charge is 0.198 e. The Morgan fingerprint density at radius 3 is 2.00 bits per heavy atom. The molecule has 0 aliphatic heterocycles. The molecule has 0 unspecified atom stereocenters. The number of carbonyl (C=O) groups excluding carboxylic acids is 2. The molecule has 0 bridgehead atoms. The Hall–Kier alpha value is -3.40. The zero-order valence-corrected chi connectivity index (χ0v) is 13.2. The number of phenols is 2. The highest BCUT2D eigenvalue weighted by Gasteiger charge is 2.34. The molecular formula is C21H14O4. The zero-order valence-electron chi connectivity index (χ0n) is 13.2. The van der Waals surface area contributed by atoms with Crippen LogP contribution in [0.1, 0.15) is 43.0 Å². The summed E-state index contributed by atoms with van der Waals surface area (Å²) in [5, 5.41) is 21.0. The fourth-order valence-corrected chi connectivity index (χ4v) is 3.24. The third kappa shape index (κ3) is 2.31. The molecule has 25 heavy (non-hydrogen) atoms. The maximum Gasteiger partial charge on any atom is 0.198 e. The molecule has 0 amide bonds. The summed E-state index contributed by atoms with van der Waals surface area (Å²) in [4.78, 5) is 25.4. The standard InChI is InChI=1S/C21H14O4/c22-17-11-16-18(20(24)14-9-5-4-8-13(14)19(16)23)21(25)15(17)10-12-6-2-1-3-7-12/h1-9,11,22,25H,10H2. The average molecular weight is 330 g/mol. The Morgan fingerprint density at radius 2 is 1.32 bits per heavy atom. The van der Waals surface area contributed by atoms with Gasteiger partial charge in [0.05, 0.1) is 5.56 Å². The van der Waals surface area contributed by atoms with Gasteiger partial charge in [0, 0.05) is 28.7 Å². The summed E-state index contributed by atoms with van der Waals surface area (Å²) in [5.41, 5.74) is 1.68. The third-order valence-electron chi connectivity index (χ3n) is 4.49. The molecule has 3 aromatic rings. The van der Waals surface area contributed by atoms with Gasteiger partial charge >= 0.3 is 0 Å². The number of benzene rings is 3. The van der Waals surface area contributed by atoms with E-state index in [1.165, 1.54) is 6.07 Å². The van der Waals surface area contributed by atoms with Gasteiger partial charge in [0.1, 0.15) is 11.5 Å². The number of fused-ring (bicyclic) bond motifs is 2. The van der Waals surface area contributed by atoms with E-state index in [2.05, 4.69) is 0 Å². The maximum atomic E-state index is 12.8. The van der Waals surface area contributed by atoms with Gasteiger partial charge in [-0.2, -0.15) is 0 Å². The lowest BCUT2D eigenvalue weighted by Gasteiger charge is -2.20. The van der Waals surface area contributed by atoms with Crippen LogP contribution in [0.4, 0.5) is 0 Å². The van der Waals surface area contributed by atoms with Gasteiger partial charge in [-0.05, 0) is 11.6 Å². The van der Waals surface area contributed by atoms with Crippen molar-refractivity contribution in [2.45, 2.75) is 6.42 Å². The number of ketones is 2. The predicted molar refractivity (Wildman–Crippen MR) is 92.3 cm³/mol. The summed E-state index contributed by atoms with van der Waals surface area (Å²) in [6, 6.07) is 17.1. The topological polar surface area (TPSA) is 74.6 Å². The van der Waals surface area contributed by atoms with Crippen LogP contribution in [0.2, 0.25) is 0 Å². The summed E-state index contributed by atoms with van der Waals surface area (Å²) in [6.45, 7) is 0. The lowest BCUT2D eigenvalue weighted by atomic mass is 9.82. The van der Waals surface area contributed by atoms with Gasteiger partial charge in [-0.3, -0.25) is 9.59 Å². The second kappa shape index (κ2) is 5.60. The minimum atomic E-state index is -0.406. The molecule has 0 heterocycles. The van der Waals surface area contributed by atoms with Gasteiger partial charge in [-0.15, -0.1) is 0 Å². The van der Waals surface area contributed by atoms with E-state index in [0.717, 1.165) is 5.56 Å². The first-order chi connectivity index (χ1) is 12.1. The second-order valence-electron chi connectivity index (χ2n) is 6.01. The molecule has 0 atom stereocenters. The molecule has 122 valence electrons. The van der Waals surface area contributed by atoms with Crippen molar-refractivity contribution in [1.29, 1.82) is 0 Å². The molecule has 1 aliphatic carbocycles. The first kappa shape index (κ1) is 15.1. The van der Waals surface area contributed by atoms with E-state index < -0.39 is 5.78 Å². The van der Waals surface area contributed by atoms with Gasteiger partial charge in [-0.1, -0.05) is 54.6 Å². The molecular weight excluding hydrogens is 316 g/mol. The van der Waals surface area contributed by atoms with E-state index in [-0.39, 0.29) is 51.5 Å². The molecule has 0 saturated carbocycles. The highest BCUT2D eigenvalue weighted by atomic mass is 16.3. The molecule has 0 fully saturated rings. The molecule has 2 N–H and O–H groups in total. The van der Waals surface area contributed by atoms with E-state index in [1.807, 2.05) is 30.3 Å². The molecule has 0 spiro atoms. The SMILES string of the molecule is O=C1c2ccccc2C(=O)c2c1cc(O)c(Cc1ccccc1)c2O. The van der Waals surface area contributed by atoms with Gasteiger partial charge in [0.15, 0.2) is 11.6 Å². The maximum absolute atomic E-state index is 12.8. The van der Waals surface area contributed by atoms with Crippen LogP contribution in [0, 0.1) is 0 Å². The van der Waals surface area contributed by atoms with Crippen LogP contribution < -0.4 is 0 Å². The molecule has 4 rings (SSSR count). The Labute approximate surface area is 144 Å². The largest absolute Gasteiger partial charge is 0.507 e. The number of phenolic OH excluding ortho intramolecular Hbond substituents is 2. The summed E-state index contributed by atoms with van der Waals surface area (Å²) >= 11 is 0. The van der Waals surface area contributed by atoms with Crippen molar-refractivity contribution in [2.75, 3.05) is 0 Å². The molecule has 3 aromatic carbocycles. The van der Waals surface area contributed by atoms with Crippen LogP contribution in [0.5, 0.6) is 11.5 Å². The lowest BCUT2D eigenvalue weighted by Crippen LogP contribution is -2.21. The highest BCUT2D eigenvalue weighted by Crippen LogP contribution is 2.40. The molecule has 0 radical (unpaired) electrons. The van der Waals surface area contributed by atoms with Gasteiger partial charge in [-0.25, -0.2) is 0 Å². The normalized spacial score (nSPS) is 12.6. The summed E-state index contributed by atoms with van der Waals surface area (Å²) < 4.78 is 0. The van der Waals surface area contributed by atoms with Crippen molar-refractivity contribution in [1.82, 2.24) is 0 Å². The molecule has 0 saturated heterocycles. The minimum Gasteiger partial charge on any atom is -0.507 e. The predicted octanol–water partition coefficient (Wildman–Crippen LogP) is 3.46. The third-order valence-corrected chi connectivity index (χ3v) is 4.49. The highest BCUT2D eigenvalue weighted by molar-refractivity contribution is 6.29. The molecule has 1 aliphatic rings. The number of hydrogen-bond acceptors (Lipinski definition) is 4. The van der Waals surface area contributed by atoms with Crippen LogP contribution in [0.25, 0.3) is 0 Å². The van der Waals surface area contributed by atoms with E-state index in [9.17, 15) is 19.8 Å². The van der Waals surface area contributed by atoms with Crippen LogP contribution in [0.15, 0.2) is 60.7 Å². The van der Waals surface area contributed by atoms with Crippen molar-refractivity contribution >= 4 is 11.6 Å². The Bertz CT molecular complexity index is 1020. The average Bonchev–Trinajstić information content (AvgIpc) is 2.63. The Balaban J connectivity index is 1.90.